The predicted octanol–water partition coefficient (Wildman–Crippen LogP) is 6.40. The Kier molecular flexibility index (Phi) is 9.13. The highest BCUT2D eigenvalue weighted by Gasteiger charge is 2.42. The van der Waals surface area contributed by atoms with Crippen molar-refractivity contribution in [3.05, 3.63) is 72.3 Å². The fourth-order valence-electron chi connectivity index (χ4n) is 4.50. The van der Waals surface area contributed by atoms with Crippen molar-refractivity contribution < 1.29 is 24.2 Å². The van der Waals surface area contributed by atoms with Crippen LogP contribution in [0, 0.1) is 5.92 Å². The van der Waals surface area contributed by atoms with Crippen LogP contribution in [-0.2, 0) is 14.3 Å². The quantitative estimate of drug-likeness (QED) is 0.317. The van der Waals surface area contributed by atoms with Crippen molar-refractivity contribution in [3.63, 3.8) is 0 Å². The van der Waals surface area contributed by atoms with Gasteiger partial charge in [-0.1, -0.05) is 56.3 Å². The molecular formula is C32H41N3O5. The molecule has 3 N–H and O–H groups in total. The molecule has 0 saturated heterocycles. The topological polar surface area (TPSA) is 108 Å². The molecule has 3 rings (SSSR count). The van der Waals surface area contributed by atoms with Gasteiger partial charge in [0.25, 0.3) is 5.91 Å². The molecule has 0 bridgehead atoms. The summed E-state index contributed by atoms with van der Waals surface area (Å²) in [4.78, 5) is 42.5. The third kappa shape index (κ3) is 7.74. The van der Waals surface area contributed by atoms with E-state index in [1.165, 1.54) is 17.0 Å². The van der Waals surface area contributed by atoms with Crippen molar-refractivity contribution in [1.82, 2.24) is 10.2 Å². The highest BCUT2D eigenvalue weighted by atomic mass is 16.6. The van der Waals surface area contributed by atoms with Crippen LogP contribution in [0.15, 0.2) is 66.7 Å². The van der Waals surface area contributed by atoms with Gasteiger partial charge in [-0.25, -0.2) is 4.79 Å². The van der Waals surface area contributed by atoms with Crippen LogP contribution in [0.25, 0.3) is 10.8 Å². The van der Waals surface area contributed by atoms with E-state index in [4.69, 9.17) is 4.74 Å². The summed E-state index contributed by atoms with van der Waals surface area (Å²) >= 11 is 0. The van der Waals surface area contributed by atoms with E-state index in [1.54, 1.807) is 32.9 Å². The molecule has 40 heavy (non-hydrogen) atoms. The number of ether oxygens (including phenoxy) is 1. The van der Waals surface area contributed by atoms with Crippen molar-refractivity contribution in [2.45, 2.75) is 78.6 Å². The molecule has 0 radical (unpaired) electrons. The van der Waals surface area contributed by atoms with E-state index in [2.05, 4.69) is 10.6 Å². The molecule has 0 spiro atoms. The first kappa shape index (κ1) is 30.5. The summed E-state index contributed by atoms with van der Waals surface area (Å²) in [5, 5.41) is 17.6. The van der Waals surface area contributed by atoms with E-state index in [0.717, 1.165) is 10.8 Å². The molecule has 2 unspecified atom stereocenters. The molecule has 0 aliphatic rings. The number of amides is 3. The van der Waals surface area contributed by atoms with Gasteiger partial charge in [0.2, 0.25) is 5.91 Å². The number of carbonyl (C=O) groups excluding carboxylic acids is 3. The minimum Gasteiger partial charge on any atom is -0.508 e. The Morgan fingerprint density at radius 2 is 1.45 bits per heavy atom. The van der Waals surface area contributed by atoms with Crippen LogP contribution >= 0.6 is 0 Å². The Morgan fingerprint density at radius 3 is 2.00 bits per heavy atom. The molecule has 0 heterocycles. The number of nitrogens with one attached hydrogen (secondary N) is 2. The van der Waals surface area contributed by atoms with E-state index in [0.29, 0.717) is 11.3 Å². The highest BCUT2D eigenvalue weighted by Crippen LogP contribution is 2.33. The summed E-state index contributed by atoms with van der Waals surface area (Å²) in [7, 11) is 0. The van der Waals surface area contributed by atoms with Gasteiger partial charge in [0, 0.05) is 11.2 Å². The van der Waals surface area contributed by atoms with Crippen molar-refractivity contribution in [2.75, 3.05) is 5.32 Å². The van der Waals surface area contributed by atoms with Crippen LogP contribution in [0.5, 0.6) is 5.75 Å². The first-order valence-electron chi connectivity index (χ1n) is 13.5. The average molecular weight is 548 g/mol. The average Bonchev–Trinajstić information content (AvgIpc) is 2.84. The Bertz CT molecular complexity index is 1350. The van der Waals surface area contributed by atoms with E-state index in [-0.39, 0.29) is 11.7 Å². The maximum atomic E-state index is 14.3. The minimum absolute atomic E-state index is 0.0396. The number of aromatic hydroxyl groups is 1. The summed E-state index contributed by atoms with van der Waals surface area (Å²) < 4.78 is 5.43. The Morgan fingerprint density at radius 1 is 0.850 bits per heavy atom. The molecule has 214 valence electrons. The lowest BCUT2D eigenvalue weighted by Gasteiger charge is -2.43. The summed E-state index contributed by atoms with van der Waals surface area (Å²) in [6, 6.07) is 17.6. The van der Waals surface area contributed by atoms with Crippen molar-refractivity contribution in [1.29, 1.82) is 0 Å². The fourth-order valence-corrected chi connectivity index (χ4v) is 4.50. The Balaban J connectivity index is 2.05. The summed E-state index contributed by atoms with van der Waals surface area (Å²) in [6.45, 7) is 14.4. The Hall–Kier alpha value is -4.07. The number of fused-ring (bicyclic) bond motifs is 1. The van der Waals surface area contributed by atoms with Crippen molar-refractivity contribution in [3.8, 4) is 5.75 Å². The number of carbonyl (C=O) groups is 3. The van der Waals surface area contributed by atoms with Gasteiger partial charge in [-0.05, 0) is 88.1 Å². The summed E-state index contributed by atoms with van der Waals surface area (Å²) in [5.74, 6) is -1.12. The number of alkyl carbamates (subject to hydrolysis) is 1. The molecule has 8 nitrogen and oxygen atoms in total. The number of phenolic OH excluding ortho intramolecular Hbond substituents is 1. The third-order valence-corrected chi connectivity index (χ3v) is 6.30. The maximum absolute atomic E-state index is 14.3. The first-order chi connectivity index (χ1) is 18.6. The van der Waals surface area contributed by atoms with Gasteiger partial charge >= 0.3 is 6.09 Å². The zero-order valence-electron chi connectivity index (χ0n) is 24.6. The molecule has 2 atom stereocenters. The van der Waals surface area contributed by atoms with E-state index < -0.39 is 41.1 Å². The van der Waals surface area contributed by atoms with Gasteiger partial charge in [0.15, 0.2) is 0 Å². The van der Waals surface area contributed by atoms with Crippen LogP contribution in [0.2, 0.25) is 0 Å². The number of rotatable bonds is 7. The second-order valence-corrected chi connectivity index (χ2v) is 12.3. The second-order valence-electron chi connectivity index (χ2n) is 12.3. The smallest absolute Gasteiger partial charge is 0.408 e. The zero-order chi connectivity index (χ0) is 29.8. The normalized spacial score (nSPS) is 13.4. The number of hydrogen-bond acceptors (Lipinski definition) is 5. The first-order valence-corrected chi connectivity index (χ1v) is 13.5. The van der Waals surface area contributed by atoms with Crippen LogP contribution in [0.3, 0.4) is 0 Å². The summed E-state index contributed by atoms with van der Waals surface area (Å²) in [6.07, 6.45) is -0.713. The SMILES string of the molecule is CC(C)C(NC(=O)OC(C)(C)C)C(=O)N(C(C(=O)Nc1ccc2ccccc2c1)c1ccc(O)cc1)C(C)(C)C. The molecule has 3 aromatic rings. The molecule has 0 fully saturated rings. The number of anilines is 1. The van der Waals surface area contributed by atoms with Crippen LogP contribution in [-0.4, -0.2) is 45.1 Å². The van der Waals surface area contributed by atoms with E-state index >= 15 is 0 Å². The van der Waals surface area contributed by atoms with Gasteiger partial charge in [-0.3, -0.25) is 9.59 Å². The zero-order valence-corrected chi connectivity index (χ0v) is 24.6. The molecule has 0 aliphatic carbocycles. The third-order valence-electron chi connectivity index (χ3n) is 6.30. The van der Waals surface area contributed by atoms with E-state index in [1.807, 2.05) is 77.1 Å². The molecule has 0 aliphatic heterocycles. The van der Waals surface area contributed by atoms with Gasteiger partial charge < -0.3 is 25.4 Å². The van der Waals surface area contributed by atoms with Gasteiger partial charge in [0.05, 0.1) is 0 Å². The van der Waals surface area contributed by atoms with Crippen LogP contribution in [0.1, 0.15) is 67.0 Å². The lowest BCUT2D eigenvalue weighted by molar-refractivity contribution is -0.147. The lowest BCUT2D eigenvalue weighted by atomic mass is 9.93. The fraction of sp³-hybridized carbons (Fsp3) is 0.406. The van der Waals surface area contributed by atoms with Crippen molar-refractivity contribution in [2.24, 2.45) is 5.92 Å². The monoisotopic (exact) mass is 547 g/mol. The molecule has 0 saturated carbocycles. The predicted molar refractivity (Wildman–Crippen MR) is 158 cm³/mol. The van der Waals surface area contributed by atoms with Crippen LogP contribution in [0.4, 0.5) is 10.5 Å². The molecule has 3 aromatic carbocycles. The van der Waals surface area contributed by atoms with E-state index in [9.17, 15) is 19.5 Å². The van der Waals surface area contributed by atoms with Crippen molar-refractivity contribution >= 4 is 34.4 Å². The second kappa shape index (κ2) is 12.0. The maximum Gasteiger partial charge on any atom is 0.408 e. The molecule has 3 amide bonds. The Labute approximate surface area is 236 Å². The number of phenols is 1. The van der Waals surface area contributed by atoms with Gasteiger partial charge in [0.1, 0.15) is 23.4 Å². The molecular weight excluding hydrogens is 506 g/mol. The lowest BCUT2D eigenvalue weighted by Crippen LogP contribution is -2.59. The minimum atomic E-state index is -1.07. The number of benzene rings is 3. The molecule has 0 aromatic heterocycles. The number of hydrogen-bond donors (Lipinski definition) is 3. The van der Waals surface area contributed by atoms with Crippen LogP contribution < -0.4 is 10.6 Å². The largest absolute Gasteiger partial charge is 0.508 e. The number of nitrogens with zero attached hydrogens (tertiary/aromatic N) is 1. The summed E-state index contributed by atoms with van der Waals surface area (Å²) in [5.41, 5.74) is -0.476. The van der Waals surface area contributed by atoms with Gasteiger partial charge in [-0.2, -0.15) is 0 Å². The highest BCUT2D eigenvalue weighted by molar-refractivity contribution is 6.00. The molecule has 8 heteroatoms. The van der Waals surface area contributed by atoms with Gasteiger partial charge in [-0.15, -0.1) is 0 Å². The standard InChI is InChI=1S/C32H41N3O5/c1-20(2)26(34-30(39)40-32(6,7)8)29(38)35(31(3,4)5)27(22-14-17-25(36)18-15-22)28(37)33-24-16-13-21-11-9-10-12-23(21)19-24/h9-20,26-27,36H,1-8H3,(H,33,37)(H,34,39).